The molecule has 2 nitrogen and oxygen atoms in total. The van der Waals surface area contributed by atoms with Crippen LogP contribution in [0, 0.1) is 5.82 Å². The molecule has 1 atom stereocenters. The van der Waals surface area contributed by atoms with Crippen molar-refractivity contribution in [2.75, 3.05) is 6.54 Å². The highest BCUT2D eigenvalue weighted by Gasteiger charge is 2.17. The molecule has 0 aliphatic heterocycles. The number of benzene rings is 1. The average Bonchev–Trinajstić information content (AvgIpc) is 2.48. The van der Waals surface area contributed by atoms with E-state index >= 15 is 0 Å². The molecule has 0 saturated heterocycles. The van der Waals surface area contributed by atoms with Gasteiger partial charge in [-0.3, -0.25) is 4.98 Å². The van der Waals surface area contributed by atoms with Gasteiger partial charge in [-0.15, -0.1) is 0 Å². The van der Waals surface area contributed by atoms with Crippen LogP contribution in [0.5, 0.6) is 0 Å². The zero-order valence-electron chi connectivity index (χ0n) is 11.7. The number of hydrogen-bond acceptors (Lipinski definition) is 2. The summed E-state index contributed by atoms with van der Waals surface area (Å²) in [5.74, 6) is -0.191. The molecule has 0 bridgehead atoms. The predicted molar refractivity (Wildman–Crippen MR) is 90.8 cm³/mol. The van der Waals surface area contributed by atoms with Crippen LogP contribution >= 0.6 is 31.9 Å². The van der Waals surface area contributed by atoms with E-state index in [4.69, 9.17) is 0 Å². The van der Waals surface area contributed by atoms with Crippen LogP contribution in [-0.2, 0) is 6.42 Å². The summed E-state index contributed by atoms with van der Waals surface area (Å²) in [5, 5.41) is 3.40. The zero-order chi connectivity index (χ0) is 15.2. The Morgan fingerprint density at radius 1 is 1.19 bits per heavy atom. The van der Waals surface area contributed by atoms with Gasteiger partial charge in [-0.1, -0.05) is 22.9 Å². The lowest BCUT2D eigenvalue weighted by Crippen LogP contribution is -2.25. The molecule has 0 fully saturated rings. The molecule has 0 saturated carbocycles. The normalized spacial score (nSPS) is 12.4. The van der Waals surface area contributed by atoms with Gasteiger partial charge in [-0.05, 0) is 59.2 Å². The summed E-state index contributed by atoms with van der Waals surface area (Å²) in [6, 6.07) is 8.87. The van der Waals surface area contributed by atoms with E-state index in [1.165, 1.54) is 6.07 Å². The van der Waals surface area contributed by atoms with Gasteiger partial charge in [0.25, 0.3) is 0 Å². The quantitative estimate of drug-likeness (QED) is 0.715. The van der Waals surface area contributed by atoms with E-state index in [0.717, 1.165) is 27.6 Å². The van der Waals surface area contributed by atoms with Gasteiger partial charge < -0.3 is 5.32 Å². The highest BCUT2D eigenvalue weighted by molar-refractivity contribution is 9.10. The first-order valence-corrected chi connectivity index (χ1v) is 8.47. The van der Waals surface area contributed by atoms with Crippen LogP contribution in [0.4, 0.5) is 4.39 Å². The molecular weight excluding hydrogens is 399 g/mol. The molecule has 2 aromatic rings. The van der Waals surface area contributed by atoms with Crippen LogP contribution in [0.15, 0.2) is 45.5 Å². The monoisotopic (exact) mass is 414 g/mol. The minimum atomic E-state index is -0.191. The van der Waals surface area contributed by atoms with Crippen molar-refractivity contribution in [1.29, 1.82) is 0 Å². The fraction of sp³-hybridized carbons (Fsp3) is 0.312. The molecule has 2 rings (SSSR count). The van der Waals surface area contributed by atoms with Crippen LogP contribution in [0.1, 0.15) is 30.6 Å². The summed E-state index contributed by atoms with van der Waals surface area (Å²) in [5.41, 5.74) is 1.61. The number of pyridine rings is 1. The van der Waals surface area contributed by atoms with E-state index in [9.17, 15) is 4.39 Å². The molecule has 1 N–H and O–H groups in total. The minimum Gasteiger partial charge on any atom is -0.310 e. The highest BCUT2D eigenvalue weighted by atomic mass is 79.9. The summed E-state index contributed by atoms with van der Waals surface area (Å²) in [6.45, 7) is 2.94. The van der Waals surface area contributed by atoms with E-state index in [-0.39, 0.29) is 11.9 Å². The summed E-state index contributed by atoms with van der Waals surface area (Å²) in [7, 11) is 0. The maximum atomic E-state index is 14.1. The van der Waals surface area contributed by atoms with Crippen LogP contribution in [-0.4, -0.2) is 11.5 Å². The van der Waals surface area contributed by atoms with Gasteiger partial charge in [0.1, 0.15) is 5.82 Å². The Hall–Kier alpha value is -0.780. The second-order valence-corrected chi connectivity index (χ2v) is 6.68. The van der Waals surface area contributed by atoms with Crippen molar-refractivity contribution >= 4 is 31.9 Å². The minimum absolute atomic E-state index is 0.0869. The van der Waals surface area contributed by atoms with Gasteiger partial charge in [0.05, 0.1) is 0 Å². The largest absolute Gasteiger partial charge is 0.310 e. The number of rotatable bonds is 6. The maximum absolute atomic E-state index is 14.1. The third-order valence-corrected chi connectivity index (χ3v) is 4.14. The smallest absolute Gasteiger partial charge is 0.128 e. The molecule has 0 aliphatic carbocycles. The first-order chi connectivity index (χ1) is 10.1. The van der Waals surface area contributed by atoms with Gasteiger partial charge >= 0.3 is 0 Å². The van der Waals surface area contributed by atoms with Crippen LogP contribution in [0.3, 0.4) is 0 Å². The molecule has 0 spiro atoms. The topological polar surface area (TPSA) is 24.9 Å². The first kappa shape index (κ1) is 16.6. The number of halogens is 3. The van der Waals surface area contributed by atoms with Crippen LogP contribution < -0.4 is 5.32 Å². The van der Waals surface area contributed by atoms with Gasteiger partial charge in [0.15, 0.2) is 0 Å². The molecule has 1 heterocycles. The Balaban J connectivity index is 2.25. The lowest BCUT2D eigenvalue weighted by Gasteiger charge is -2.19. The second-order valence-electron chi connectivity index (χ2n) is 4.84. The third kappa shape index (κ3) is 4.87. The Morgan fingerprint density at radius 3 is 2.62 bits per heavy atom. The molecular formula is C16H17Br2FN2. The fourth-order valence-corrected chi connectivity index (χ4v) is 2.74. The second kappa shape index (κ2) is 8.01. The van der Waals surface area contributed by atoms with E-state index < -0.39 is 0 Å². The van der Waals surface area contributed by atoms with Crippen molar-refractivity contribution < 1.29 is 4.39 Å². The van der Waals surface area contributed by atoms with Gasteiger partial charge in [-0.25, -0.2) is 4.39 Å². The fourth-order valence-electron chi connectivity index (χ4n) is 2.13. The van der Waals surface area contributed by atoms with Crippen molar-refractivity contribution in [3.63, 3.8) is 0 Å². The number of hydrogen-bond donors (Lipinski definition) is 1. The lowest BCUT2D eigenvalue weighted by atomic mass is 10.0. The van der Waals surface area contributed by atoms with Gasteiger partial charge in [-0.2, -0.15) is 0 Å². The third-order valence-electron chi connectivity index (χ3n) is 3.18. The molecule has 0 aliphatic rings. The Kier molecular flexibility index (Phi) is 6.33. The van der Waals surface area contributed by atoms with Crippen LogP contribution in [0.2, 0.25) is 0 Å². The van der Waals surface area contributed by atoms with Crippen molar-refractivity contribution in [1.82, 2.24) is 10.3 Å². The summed E-state index contributed by atoms with van der Waals surface area (Å²) in [4.78, 5) is 4.38. The number of aromatic nitrogens is 1. The van der Waals surface area contributed by atoms with E-state index in [1.54, 1.807) is 12.3 Å². The highest BCUT2D eigenvalue weighted by Crippen LogP contribution is 2.24. The van der Waals surface area contributed by atoms with E-state index in [0.29, 0.717) is 12.0 Å². The Morgan fingerprint density at radius 2 is 1.95 bits per heavy atom. The van der Waals surface area contributed by atoms with Gasteiger partial charge in [0.2, 0.25) is 0 Å². The SMILES string of the molecule is CCCNC(Cc1ccc(Br)cn1)c1cc(Br)ccc1F. The lowest BCUT2D eigenvalue weighted by molar-refractivity contribution is 0.493. The Labute approximate surface area is 141 Å². The summed E-state index contributed by atoms with van der Waals surface area (Å²) >= 11 is 6.79. The van der Waals surface area contributed by atoms with Crippen molar-refractivity contribution in [2.24, 2.45) is 0 Å². The summed E-state index contributed by atoms with van der Waals surface area (Å²) in [6.07, 6.45) is 3.42. The van der Waals surface area contributed by atoms with Crippen molar-refractivity contribution in [3.8, 4) is 0 Å². The first-order valence-electron chi connectivity index (χ1n) is 6.89. The molecule has 0 amide bonds. The summed E-state index contributed by atoms with van der Waals surface area (Å²) < 4.78 is 15.9. The predicted octanol–water partition coefficient (Wildman–Crippen LogP) is 5.03. The number of nitrogens with one attached hydrogen (secondary N) is 1. The molecule has 1 aromatic heterocycles. The van der Waals surface area contributed by atoms with E-state index in [2.05, 4.69) is 49.1 Å². The molecule has 1 aromatic carbocycles. The standard InChI is InChI=1S/C16H17Br2FN2/c1-2-7-20-16(9-13-5-3-12(18)10-21-13)14-8-11(17)4-6-15(14)19/h3-6,8,10,16,20H,2,7,9H2,1H3. The van der Waals surface area contributed by atoms with E-state index in [1.807, 2.05) is 18.2 Å². The zero-order valence-corrected chi connectivity index (χ0v) is 14.9. The average molecular weight is 416 g/mol. The molecule has 1 unspecified atom stereocenters. The van der Waals surface area contributed by atoms with Crippen LogP contribution in [0.25, 0.3) is 0 Å². The molecule has 112 valence electrons. The number of nitrogens with zero attached hydrogens (tertiary/aromatic N) is 1. The van der Waals surface area contributed by atoms with Crippen molar-refractivity contribution in [2.45, 2.75) is 25.8 Å². The molecule has 0 radical (unpaired) electrons. The molecule has 5 heteroatoms. The maximum Gasteiger partial charge on any atom is 0.128 e. The van der Waals surface area contributed by atoms with Crippen molar-refractivity contribution in [3.05, 3.63) is 62.5 Å². The Bertz CT molecular complexity index is 587. The van der Waals surface area contributed by atoms with Gasteiger partial charge in [0, 0.05) is 38.9 Å². The molecule has 21 heavy (non-hydrogen) atoms.